The van der Waals surface area contributed by atoms with E-state index in [1.807, 2.05) is 18.2 Å². The summed E-state index contributed by atoms with van der Waals surface area (Å²) in [4.78, 5) is 0. The minimum Gasteiger partial charge on any atom is -0.473 e. The number of hydrogen-bond acceptors (Lipinski definition) is 2. The van der Waals surface area contributed by atoms with Gasteiger partial charge in [-0.2, -0.15) is 0 Å². The van der Waals surface area contributed by atoms with Crippen molar-refractivity contribution in [3.05, 3.63) is 48.8 Å². The molecule has 0 bridgehead atoms. The molecule has 0 N–H and O–H groups in total. The van der Waals surface area contributed by atoms with Gasteiger partial charge in [-0.1, -0.05) is 0 Å². The van der Waals surface area contributed by atoms with Crippen LogP contribution in [0, 0.1) is 12.0 Å². The van der Waals surface area contributed by atoms with E-state index in [9.17, 15) is 0 Å². The van der Waals surface area contributed by atoms with Gasteiger partial charge < -0.3 is 9.47 Å². The summed E-state index contributed by atoms with van der Waals surface area (Å²) in [5, 5.41) is 0. The van der Waals surface area contributed by atoms with Crippen molar-refractivity contribution in [3.63, 3.8) is 0 Å². The first kappa shape index (κ1) is 7.22. The lowest BCUT2D eigenvalue weighted by Crippen LogP contribution is -2.04. The van der Waals surface area contributed by atoms with Gasteiger partial charge in [-0.15, -0.1) is 0 Å². The summed E-state index contributed by atoms with van der Waals surface area (Å²) in [7, 11) is 0. The van der Waals surface area contributed by atoms with Crippen LogP contribution in [0.4, 0.5) is 0 Å². The molecule has 0 aromatic rings. The third-order valence-electron chi connectivity index (χ3n) is 1.72. The molecule has 1 radical (unpaired) electrons. The Bertz CT molecular complexity index is 260. The van der Waals surface area contributed by atoms with Crippen molar-refractivity contribution >= 4 is 0 Å². The van der Waals surface area contributed by atoms with Gasteiger partial charge in [0.25, 0.3) is 0 Å². The van der Waals surface area contributed by atoms with E-state index in [-0.39, 0.29) is 5.92 Å². The van der Waals surface area contributed by atoms with E-state index < -0.39 is 0 Å². The van der Waals surface area contributed by atoms with E-state index in [2.05, 4.69) is 6.08 Å². The monoisotopic (exact) mass is 161 g/mol. The first-order chi connectivity index (χ1) is 5.97. The molecule has 2 aliphatic heterocycles. The molecule has 0 saturated carbocycles. The van der Waals surface area contributed by atoms with Crippen molar-refractivity contribution in [1.29, 1.82) is 0 Å². The highest BCUT2D eigenvalue weighted by Gasteiger charge is 2.12. The maximum atomic E-state index is 5.28. The number of allylic oxidation sites excluding steroid dienone is 3. The lowest BCUT2D eigenvalue weighted by atomic mass is 10.1. The normalized spacial score (nSPS) is 21.5. The summed E-state index contributed by atoms with van der Waals surface area (Å²) in [5.74, 6) is 1.04. The summed E-state index contributed by atoms with van der Waals surface area (Å²) < 4.78 is 10.2. The van der Waals surface area contributed by atoms with Crippen LogP contribution in [0.1, 0.15) is 6.42 Å². The molecule has 2 rings (SSSR count). The quantitative estimate of drug-likeness (QED) is 0.587. The Balaban J connectivity index is 2.08. The Morgan fingerprint density at radius 3 is 2.75 bits per heavy atom. The average Bonchev–Trinajstić information content (AvgIpc) is 2.21. The Morgan fingerprint density at radius 2 is 2.08 bits per heavy atom. The molecule has 0 unspecified atom stereocenters. The average molecular weight is 161 g/mol. The molecule has 0 aromatic carbocycles. The molecule has 0 amide bonds. The van der Waals surface area contributed by atoms with E-state index in [4.69, 9.17) is 9.47 Å². The second kappa shape index (κ2) is 3.30. The minimum atomic E-state index is 0.184. The topological polar surface area (TPSA) is 18.5 Å². The first-order valence-corrected chi connectivity index (χ1v) is 3.88. The van der Waals surface area contributed by atoms with Crippen LogP contribution in [-0.2, 0) is 9.47 Å². The highest BCUT2D eigenvalue weighted by Crippen LogP contribution is 2.21. The van der Waals surface area contributed by atoms with Crippen LogP contribution in [-0.4, -0.2) is 0 Å². The molecule has 2 heteroatoms. The largest absolute Gasteiger partial charge is 0.473 e. The van der Waals surface area contributed by atoms with Crippen LogP contribution in [0.25, 0.3) is 0 Å². The fourth-order valence-corrected chi connectivity index (χ4v) is 1.11. The van der Waals surface area contributed by atoms with Crippen LogP contribution in [0.5, 0.6) is 0 Å². The van der Waals surface area contributed by atoms with Crippen molar-refractivity contribution in [1.82, 2.24) is 0 Å². The van der Waals surface area contributed by atoms with E-state index in [1.54, 1.807) is 18.8 Å². The van der Waals surface area contributed by atoms with Gasteiger partial charge in [0.05, 0.1) is 24.7 Å². The van der Waals surface area contributed by atoms with Gasteiger partial charge in [-0.05, 0) is 24.6 Å². The summed E-state index contributed by atoms with van der Waals surface area (Å²) >= 11 is 0. The summed E-state index contributed by atoms with van der Waals surface area (Å²) in [5.41, 5.74) is 0. The molecule has 0 atom stereocenters. The number of rotatable bonds is 1. The van der Waals surface area contributed by atoms with Crippen LogP contribution in [0.15, 0.2) is 42.8 Å². The molecule has 0 saturated heterocycles. The Morgan fingerprint density at radius 1 is 1.25 bits per heavy atom. The van der Waals surface area contributed by atoms with Gasteiger partial charge in [-0.25, -0.2) is 0 Å². The highest BCUT2D eigenvalue weighted by molar-refractivity contribution is 5.17. The van der Waals surface area contributed by atoms with Crippen molar-refractivity contribution in [2.45, 2.75) is 6.42 Å². The molecule has 61 valence electrons. The molecule has 0 aromatic heterocycles. The lowest BCUT2D eigenvalue weighted by molar-refractivity contribution is 0.300. The van der Waals surface area contributed by atoms with Gasteiger partial charge in [0.1, 0.15) is 5.76 Å². The summed E-state index contributed by atoms with van der Waals surface area (Å²) in [6.07, 6.45) is 14.8. The second-order valence-corrected chi connectivity index (χ2v) is 2.55. The number of ether oxygens (including phenoxy) is 2. The zero-order valence-electron chi connectivity index (χ0n) is 6.57. The maximum absolute atomic E-state index is 5.28. The molecule has 0 spiro atoms. The van der Waals surface area contributed by atoms with Crippen LogP contribution in [0.3, 0.4) is 0 Å². The number of hydrogen-bond donors (Lipinski definition) is 0. The van der Waals surface area contributed by atoms with Gasteiger partial charge in [-0.3, -0.25) is 0 Å². The van der Waals surface area contributed by atoms with Gasteiger partial charge >= 0.3 is 0 Å². The smallest absolute Gasteiger partial charge is 0.118 e. The maximum Gasteiger partial charge on any atom is 0.118 e. The second-order valence-electron chi connectivity index (χ2n) is 2.55. The van der Waals surface area contributed by atoms with Crippen LogP contribution >= 0.6 is 0 Å². The van der Waals surface area contributed by atoms with Gasteiger partial charge in [0.15, 0.2) is 0 Å². The van der Waals surface area contributed by atoms with E-state index in [0.717, 1.165) is 12.2 Å². The molecular formula is C10H9O2. The van der Waals surface area contributed by atoms with Gasteiger partial charge in [0.2, 0.25) is 0 Å². The minimum absolute atomic E-state index is 0.184. The first-order valence-electron chi connectivity index (χ1n) is 3.88. The molecule has 2 aliphatic rings. The third kappa shape index (κ3) is 1.42. The fraction of sp³-hybridized carbons (Fsp3) is 0.200. The summed E-state index contributed by atoms with van der Waals surface area (Å²) in [6.45, 7) is 0. The third-order valence-corrected chi connectivity index (χ3v) is 1.72. The Labute approximate surface area is 71.5 Å². The highest BCUT2D eigenvalue weighted by atomic mass is 16.5. The van der Waals surface area contributed by atoms with Crippen LogP contribution in [0.2, 0.25) is 0 Å². The van der Waals surface area contributed by atoms with E-state index in [1.165, 1.54) is 0 Å². The van der Waals surface area contributed by atoms with Crippen LogP contribution < -0.4 is 0 Å². The zero-order valence-corrected chi connectivity index (χ0v) is 6.57. The van der Waals surface area contributed by atoms with Gasteiger partial charge in [0, 0.05) is 6.08 Å². The van der Waals surface area contributed by atoms with Crippen molar-refractivity contribution in [3.8, 4) is 0 Å². The molecule has 0 aliphatic carbocycles. The van der Waals surface area contributed by atoms with Crippen molar-refractivity contribution < 1.29 is 9.47 Å². The lowest BCUT2D eigenvalue weighted by Gasteiger charge is -2.15. The summed E-state index contributed by atoms with van der Waals surface area (Å²) in [6, 6.07) is 0. The molecule has 12 heavy (non-hydrogen) atoms. The van der Waals surface area contributed by atoms with Crippen molar-refractivity contribution in [2.24, 2.45) is 5.92 Å². The Hall–Kier alpha value is -1.44. The van der Waals surface area contributed by atoms with E-state index in [0.29, 0.717) is 0 Å². The molecular weight excluding hydrogens is 152 g/mol. The molecule has 2 heterocycles. The standard InChI is InChI=1S/C10H9O2/c1-2-6-12-10(3-1)9-4-7-11-8-5-9/h2,4-9H,1H2. The van der Waals surface area contributed by atoms with E-state index >= 15 is 0 Å². The SMILES string of the molecule is [C]1=C(C2C=COC=C2)OC=CC1. The van der Waals surface area contributed by atoms with Crippen molar-refractivity contribution in [2.75, 3.05) is 0 Å². The molecule has 0 fully saturated rings. The fourth-order valence-electron chi connectivity index (χ4n) is 1.11. The molecule has 2 nitrogen and oxygen atoms in total. The zero-order chi connectivity index (χ0) is 8.23. The predicted molar refractivity (Wildman–Crippen MR) is 44.5 cm³/mol. The Kier molecular flexibility index (Phi) is 1.99. The predicted octanol–water partition coefficient (Wildman–Crippen LogP) is 2.28.